The smallest absolute Gasteiger partial charge is 0.246 e. The van der Waals surface area contributed by atoms with Crippen LogP contribution >= 0.6 is 11.3 Å². The summed E-state index contributed by atoms with van der Waals surface area (Å²) in [7, 11) is 0. The van der Waals surface area contributed by atoms with Gasteiger partial charge in [-0.15, -0.1) is 11.3 Å². The number of thiophene rings is 1. The van der Waals surface area contributed by atoms with Crippen LogP contribution in [0, 0.1) is 0 Å². The molecule has 102 valence electrons. The molecule has 0 bridgehead atoms. The summed E-state index contributed by atoms with van der Waals surface area (Å²) < 4.78 is 0. The Balaban J connectivity index is 1.60. The van der Waals surface area contributed by atoms with E-state index in [9.17, 15) is 4.79 Å². The van der Waals surface area contributed by atoms with Crippen LogP contribution < -0.4 is 0 Å². The predicted molar refractivity (Wildman–Crippen MR) is 83.7 cm³/mol. The molecule has 0 aliphatic carbocycles. The second-order valence-electron chi connectivity index (χ2n) is 5.03. The maximum absolute atomic E-state index is 12.2. The first-order valence-corrected chi connectivity index (χ1v) is 7.76. The minimum Gasteiger partial charge on any atom is -0.338 e. The van der Waals surface area contributed by atoms with E-state index in [0.717, 1.165) is 25.1 Å². The number of carbonyl (C=O) groups is 1. The number of benzene rings is 1. The molecule has 2 nitrogen and oxygen atoms in total. The summed E-state index contributed by atoms with van der Waals surface area (Å²) in [5.74, 6) is 0.636. The maximum Gasteiger partial charge on any atom is 0.246 e. The maximum atomic E-state index is 12.2. The third-order valence-electron chi connectivity index (χ3n) is 3.66. The lowest BCUT2D eigenvalue weighted by molar-refractivity contribution is -0.124. The molecule has 0 spiro atoms. The number of hydrogen-bond acceptors (Lipinski definition) is 2. The SMILES string of the molecule is O=C(/C=C/c1ccccc1)N1CCC(c2cccs2)C1. The zero-order chi connectivity index (χ0) is 13.8. The largest absolute Gasteiger partial charge is 0.338 e. The molecule has 1 aromatic heterocycles. The van der Waals surface area contributed by atoms with Crippen molar-refractivity contribution in [1.29, 1.82) is 0 Å². The second kappa shape index (κ2) is 6.06. The monoisotopic (exact) mass is 283 g/mol. The fraction of sp³-hybridized carbons (Fsp3) is 0.235. The molecule has 1 fully saturated rings. The molecule has 2 aromatic rings. The van der Waals surface area contributed by atoms with Gasteiger partial charge in [0.25, 0.3) is 0 Å². The van der Waals surface area contributed by atoms with E-state index in [0.29, 0.717) is 5.92 Å². The zero-order valence-corrected chi connectivity index (χ0v) is 12.1. The van der Waals surface area contributed by atoms with Crippen molar-refractivity contribution in [1.82, 2.24) is 4.90 Å². The molecular weight excluding hydrogens is 266 g/mol. The van der Waals surface area contributed by atoms with Crippen LogP contribution in [0.15, 0.2) is 53.9 Å². The molecule has 1 saturated heterocycles. The first-order valence-electron chi connectivity index (χ1n) is 6.88. The van der Waals surface area contributed by atoms with Gasteiger partial charge in [-0.05, 0) is 29.5 Å². The van der Waals surface area contributed by atoms with E-state index >= 15 is 0 Å². The van der Waals surface area contributed by atoms with Crippen LogP contribution in [-0.2, 0) is 4.79 Å². The molecule has 1 aliphatic heterocycles. The third kappa shape index (κ3) is 2.99. The van der Waals surface area contributed by atoms with Crippen molar-refractivity contribution >= 4 is 23.3 Å². The Morgan fingerprint density at radius 1 is 1.20 bits per heavy atom. The van der Waals surface area contributed by atoms with Gasteiger partial charge in [0.15, 0.2) is 0 Å². The molecule has 0 radical (unpaired) electrons. The van der Waals surface area contributed by atoms with Crippen LogP contribution in [0.2, 0.25) is 0 Å². The molecular formula is C17H17NOS. The number of rotatable bonds is 3. The Morgan fingerprint density at radius 3 is 2.80 bits per heavy atom. The fourth-order valence-electron chi connectivity index (χ4n) is 2.55. The summed E-state index contributed by atoms with van der Waals surface area (Å²) >= 11 is 1.79. The van der Waals surface area contributed by atoms with Crippen molar-refractivity contribution in [3.05, 3.63) is 64.4 Å². The predicted octanol–water partition coefficient (Wildman–Crippen LogP) is 3.78. The van der Waals surface area contributed by atoms with Gasteiger partial charge in [0.2, 0.25) is 5.91 Å². The molecule has 1 aliphatic rings. The number of hydrogen-bond donors (Lipinski definition) is 0. The third-order valence-corrected chi connectivity index (χ3v) is 4.70. The summed E-state index contributed by atoms with van der Waals surface area (Å²) in [6, 6.07) is 14.2. The Morgan fingerprint density at radius 2 is 2.05 bits per heavy atom. The van der Waals surface area contributed by atoms with E-state index in [2.05, 4.69) is 17.5 Å². The Labute approximate surface area is 123 Å². The fourth-order valence-corrected chi connectivity index (χ4v) is 3.41. The molecule has 0 N–H and O–H groups in total. The summed E-state index contributed by atoms with van der Waals surface area (Å²) in [5, 5.41) is 2.11. The van der Waals surface area contributed by atoms with E-state index in [4.69, 9.17) is 0 Å². The van der Waals surface area contributed by atoms with Gasteiger partial charge in [0, 0.05) is 30.0 Å². The van der Waals surface area contributed by atoms with Crippen molar-refractivity contribution < 1.29 is 4.79 Å². The van der Waals surface area contributed by atoms with E-state index in [-0.39, 0.29) is 5.91 Å². The van der Waals surface area contributed by atoms with Crippen LogP contribution in [0.25, 0.3) is 6.08 Å². The average molecular weight is 283 g/mol. The normalized spacial score (nSPS) is 18.8. The summed E-state index contributed by atoms with van der Waals surface area (Å²) in [6.45, 7) is 1.71. The van der Waals surface area contributed by atoms with Gasteiger partial charge in [-0.1, -0.05) is 36.4 Å². The van der Waals surface area contributed by atoms with Crippen LogP contribution in [-0.4, -0.2) is 23.9 Å². The van der Waals surface area contributed by atoms with Gasteiger partial charge in [-0.3, -0.25) is 4.79 Å². The van der Waals surface area contributed by atoms with Crippen LogP contribution in [0.3, 0.4) is 0 Å². The van der Waals surface area contributed by atoms with Crippen LogP contribution in [0.5, 0.6) is 0 Å². The highest BCUT2D eigenvalue weighted by molar-refractivity contribution is 7.10. The second-order valence-corrected chi connectivity index (χ2v) is 6.01. The van der Waals surface area contributed by atoms with Crippen LogP contribution in [0.4, 0.5) is 0 Å². The Bertz CT molecular complexity index is 589. The van der Waals surface area contributed by atoms with E-state index in [1.54, 1.807) is 17.4 Å². The average Bonchev–Trinajstić information content (AvgIpc) is 3.16. The van der Waals surface area contributed by atoms with Gasteiger partial charge in [0.1, 0.15) is 0 Å². The highest BCUT2D eigenvalue weighted by Crippen LogP contribution is 2.30. The Kier molecular flexibility index (Phi) is 3.97. The summed E-state index contributed by atoms with van der Waals surface area (Å²) in [5.41, 5.74) is 1.06. The van der Waals surface area contributed by atoms with E-state index < -0.39 is 0 Å². The molecule has 1 unspecified atom stereocenters. The lowest BCUT2D eigenvalue weighted by Gasteiger charge is -2.13. The van der Waals surface area contributed by atoms with Crippen molar-refractivity contribution in [2.75, 3.05) is 13.1 Å². The molecule has 20 heavy (non-hydrogen) atoms. The highest BCUT2D eigenvalue weighted by atomic mass is 32.1. The molecule has 3 rings (SSSR count). The Hall–Kier alpha value is -1.87. The molecule has 2 heterocycles. The summed E-state index contributed by atoms with van der Waals surface area (Å²) in [6.07, 6.45) is 4.65. The molecule has 3 heteroatoms. The van der Waals surface area contributed by atoms with Crippen molar-refractivity contribution in [3.63, 3.8) is 0 Å². The van der Waals surface area contributed by atoms with Crippen molar-refractivity contribution in [3.8, 4) is 0 Å². The number of likely N-dealkylation sites (tertiary alicyclic amines) is 1. The first-order chi connectivity index (χ1) is 9.83. The van der Waals surface area contributed by atoms with Gasteiger partial charge in [0.05, 0.1) is 0 Å². The standard InChI is InChI=1S/C17H17NOS/c19-17(9-8-14-5-2-1-3-6-14)18-11-10-15(13-18)16-7-4-12-20-16/h1-9,12,15H,10-11,13H2/b9-8+. The molecule has 1 amide bonds. The molecule has 1 atom stereocenters. The number of carbonyl (C=O) groups excluding carboxylic acids is 1. The molecule has 1 aromatic carbocycles. The number of amides is 1. The minimum atomic E-state index is 0.118. The highest BCUT2D eigenvalue weighted by Gasteiger charge is 2.26. The number of nitrogens with zero attached hydrogens (tertiary/aromatic N) is 1. The lowest BCUT2D eigenvalue weighted by atomic mass is 10.1. The van der Waals surface area contributed by atoms with Crippen molar-refractivity contribution in [2.45, 2.75) is 12.3 Å². The summed E-state index contributed by atoms with van der Waals surface area (Å²) in [4.78, 5) is 15.5. The van der Waals surface area contributed by atoms with Gasteiger partial charge in [-0.2, -0.15) is 0 Å². The molecule has 0 saturated carbocycles. The van der Waals surface area contributed by atoms with E-state index in [1.165, 1.54) is 4.88 Å². The van der Waals surface area contributed by atoms with Gasteiger partial charge in [-0.25, -0.2) is 0 Å². The quantitative estimate of drug-likeness (QED) is 0.785. The minimum absolute atomic E-state index is 0.118. The van der Waals surface area contributed by atoms with Gasteiger partial charge < -0.3 is 4.90 Å². The van der Waals surface area contributed by atoms with E-state index in [1.807, 2.05) is 41.3 Å². The van der Waals surface area contributed by atoms with Gasteiger partial charge >= 0.3 is 0 Å². The zero-order valence-electron chi connectivity index (χ0n) is 11.2. The lowest BCUT2D eigenvalue weighted by Crippen LogP contribution is -2.26. The topological polar surface area (TPSA) is 20.3 Å². The first kappa shape index (κ1) is 13.1. The van der Waals surface area contributed by atoms with Crippen LogP contribution in [0.1, 0.15) is 22.8 Å². The van der Waals surface area contributed by atoms with Crippen molar-refractivity contribution in [2.24, 2.45) is 0 Å².